The number of nitrogens with zero attached hydrogens (tertiary/aromatic N) is 1. The Labute approximate surface area is 209 Å². The molecule has 1 atom stereocenters. The maximum absolute atomic E-state index is 13.4. The van der Waals surface area contributed by atoms with E-state index >= 15 is 0 Å². The molecule has 35 heavy (non-hydrogen) atoms. The third kappa shape index (κ3) is 4.26. The molecular formula is C28H26ClNO5. The number of hydrogen-bond donors (Lipinski definition) is 2. The number of Topliss-reactive ketones (excluding diaryl/α,β-unsaturated/α-hetero) is 1. The van der Waals surface area contributed by atoms with Crippen molar-refractivity contribution in [1.82, 2.24) is 0 Å². The fraction of sp³-hybridized carbons (Fsp3) is 0.214. The van der Waals surface area contributed by atoms with Crippen molar-refractivity contribution in [3.8, 4) is 11.5 Å². The van der Waals surface area contributed by atoms with Gasteiger partial charge in [-0.25, -0.2) is 0 Å². The summed E-state index contributed by atoms with van der Waals surface area (Å²) in [5, 5.41) is 21.6. The largest absolute Gasteiger partial charge is 0.507 e. The van der Waals surface area contributed by atoms with Crippen LogP contribution >= 0.6 is 11.6 Å². The summed E-state index contributed by atoms with van der Waals surface area (Å²) in [6, 6.07) is 15.9. The third-order valence-corrected chi connectivity index (χ3v) is 6.52. The second-order valence-electron chi connectivity index (χ2n) is 8.78. The average Bonchev–Trinajstić information content (AvgIpc) is 3.10. The molecule has 3 aromatic rings. The summed E-state index contributed by atoms with van der Waals surface area (Å²) in [7, 11) is 1.58. The van der Waals surface area contributed by atoms with Gasteiger partial charge < -0.3 is 14.9 Å². The number of benzene rings is 3. The lowest BCUT2D eigenvalue weighted by Gasteiger charge is -2.26. The van der Waals surface area contributed by atoms with Crippen LogP contribution in [0.3, 0.4) is 0 Å². The Morgan fingerprint density at radius 1 is 1.06 bits per heavy atom. The van der Waals surface area contributed by atoms with E-state index in [4.69, 9.17) is 16.3 Å². The van der Waals surface area contributed by atoms with E-state index in [0.717, 1.165) is 5.56 Å². The molecule has 1 aliphatic heterocycles. The first kappa shape index (κ1) is 24.4. The number of carbonyl (C=O) groups is 2. The lowest BCUT2D eigenvalue weighted by Crippen LogP contribution is -2.29. The zero-order valence-electron chi connectivity index (χ0n) is 19.9. The number of ketones is 1. The van der Waals surface area contributed by atoms with Crippen LogP contribution in [0, 0.1) is 6.92 Å². The molecule has 1 fully saturated rings. The molecule has 0 radical (unpaired) electrons. The molecule has 3 aromatic carbocycles. The molecule has 6 nitrogen and oxygen atoms in total. The Kier molecular flexibility index (Phi) is 6.59. The molecule has 2 N–H and O–H groups in total. The van der Waals surface area contributed by atoms with Gasteiger partial charge in [0.15, 0.2) is 0 Å². The number of halogens is 1. The van der Waals surface area contributed by atoms with Crippen LogP contribution in [0.5, 0.6) is 11.5 Å². The van der Waals surface area contributed by atoms with Gasteiger partial charge in [0, 0.05) is 11.3 Å². The van der Waals surface area contributed by atoms with Crippen LogP contribution in [0.25, 0.3) is 5.76 Å². The van der Waals surface area contributed by atoms with Crippen LogP contribution < -0.4 is 9.64 Å². The van der Waals surface area contributed by atoms with Crippen LogP contribution in [0.2, 0.25) is 5.02 Å². The fourth-order valence-corrected chi connectivity index (χ4v) is 4.61. The zero-order chi connectivity index (χ0) is 25.4. The number of methoxy groups -OCH3 is 1. The minimum absolute atomic E-state index is 0.0522. The number of aliphatic hydroxyl groups is 1. The van der Waals surface area contributed by atoms with Gasteiger partial charge in [0.25, 0.3) is 11.7 Å². The minimum atomic E-state index is -0.945. The summed E-state index contributed by atoms with van der Waals surface area (Å²) < 4.78 is 5.51. The van der Waals surface area contributed by atoms with Gasteiger partial charge in [0.1, 0.15) is 17.3 Å². The second-order valence-corrected chi connectivity index (χ2v) is 9.19. The number of ether oxygens (including phenoxy) is 1. The highest BCUT2D eigenvalue weighted by Crippen LogP contribution is 2.44. The van der Waals surface area contributed by atoms with Gasteiger partial charge in [-0.05, 0) is 65.9 Å². The Bertz CT molecular complexity index is 1350. The molecule has 0 bridgehead atoms. The van der Waals surface area contributed by atoms with Gasteiger partial charge in [-0.2, -0.15) is 0 Å². The zero-order valence-corrected chi connectivity index (χ0v) is 20.6. The van der Waals surface area contributed by atoms with Gasteiger partial charge in [0.2, 0.25) is 0 Å². The van der Waals surface area contributed by atoms with Crippen molar-refractivity contribution >= 4 is 34.7 Å². The summed E-state index contributed by atoms with van der Waals surface area (Å²) in [4.78, 5) is 28.0. The molecule has 1 aliphatic rings. The van der Waals surface area contributed by atoms with Gasteiger partial charge in [0.05, 0.1) is 23.7 Å². The first-order valence-corrected chi connectivity index (χ1v) is 11.6. The van der Waals surface area contributed by atoms with Crippen molar-refractivity contribution in [1.29, 1.82) is 0 Å². The summed E-state index contributed by atoms with van der Waals surface area (Å²) >= 11 is 6.19. The standard InChI is InChI=1S/C28H26ClNO5/c1-15(2)19-14-20(16(3)12-23(19)35-4)26(32)24-25(17-10-11-22(31)21(29)13-17)30(28(34)27(24)33)18-8-6-5-7-9-18/h5-15,25,31-32H,1-4H3/b26-24+. The molecule has 0 spiro atoms. The van der Waals surface area contributed by atoms with Crippen molar-refractivity contribution < 1.29 is 24.5 Å². The number of aryl methyl sites for hydroxylation is 1. The van der Waals surface area contributed by atoms with E-state index in [1.165, 1.54) is 17.0 Å². The molecule has 1 heterocycles. The first-order chi connectivity index (χ1) is 16.6. The number of amides is 1. The quantitative estimate of drug-likeness (QED) is 0.255. The molecule has 180 valence electrons. The number of hydrogen-bond acceptors (Lipinski definition) is 5. The average molecular weight is 492 g/mol. The van der Waals surface area contributed by atoms with E-state index < -0.39 is 17.7 Å². The SMILES string of the molecule is COc1cc(C)c(/C(O)=C2\C(=O)C(=O)N(c3ccccc3)C2c2ccc(O)c(Cl)c2)cc1C(C)C. The van der Waals surface area contributed by atoms with Crippen molar-refractivity contribution in [2.75, 3.05) is 12.0 Å². The van der Waals surface area contributed by atoms with Gasteiger partial charge in [-0.1, -0.05) is 49.7 Å². The molecular weight excluding hydrogens is 466 g/mol. The highest BCUT2D eigenvalue weighted by Gasteiger charge is 2.47. The topological polar surface area (TPSA) is 87.1 Å². The highest BCUT2D eigenvalue weighted by molar-refractivity contribution is 6.51. The first-order valence-electron chi connectivity index (χ1n) is 11.2. The number of phenols is 1. The Balaban J connectivity index is 2.00. The number of para-hydroxylation sites is 1. The molecule has 7 heteroatoms. The van der Waals surface area contributed by atoms with E-state index in [1.807, 2.05) is 19.9 Å². The number of aromatic hydroxyl groups is 1. The van der Waals surface area contributed by atoms with Crippen molar-refractivity contribution in [3.05, 3.63) is 93.5 Å². The number of carbonyl (C=O) groups excluding carboxylic acids is 2. The maximum atomic E-state index is 13.4. The van der Waals surface area contributed by atoms with Crippen LogP contribution in [0.15, 0.2) is 66.2 Å². The van der Waals surface area contributed by atoms with E-state index in [9.17, 15) is 19.8 Å². The Morgan fingerprint density at radius 2 is 1.74 bits per heavy atom. The second kappa shape index (κ2) is 9.47. The Hall–Kier alpha value is -3.77. The van der Waals surface area contributed by atoms with Crippen LogP contribution in [-0.2, 0) is 9.59 Å². The summed E-state index contributed by atoms with van der Waals surface area (Å²) in [5.74, 6) is -1.20. The van der Waals surface area contributed by atoms with Crippen LogP contribution in [0.1, 0.15) is 48.1 Å². The van der Waals surface area contributed by atoms with Crippen molar-refractivity contribution in [2.24, 2.45) is 0 Å². The van der Waals surface area contributed by atoms with E-state index in [0.29, 0.717) is 28.1 Å². The smallest absolute Gasteiger partial charge is 0.300 e. The molecule has 0 saturated carbocycles. The molecule has 1 saturated heterocycles. The van der Waals surface area contributed by atoms with Gasteiger partial charge >= 0.3 is 0 Å². The molecule has 4 rings (SSSR count). The number of anilines is 1. The minimum Gasteiger partial charge on any atom is -0.507 e. The lowest BCUT2D eigenvalue weighted by atomic mass is 9.91. The number of aliphatic hydroxyl groups excluding tert-OH is 1. The monoisotopic (exact) mass is 491 g/mol. The van der Waals surface area contributed by atoms with Crippen molar-refractivity contribution in [2.45, 2.75) is 32.7 Å². The van der Waals surface area contributed by atoms with Crippen LogP contribution in [-0.4, -0.2) is 29.0 Å². The highest BCUT2D eigenvalue weighted by atomic mass is 35.5. The third-order valence-electron chi connectivity index (χ3n) is 6.22. The van der Waals surface area contributed by atoms with E-state index in [1.54, 1.807) is 56.5 Å². The van der Waals surface area contributed by atoms with Crippen LogP contribution in [0.4, 0.5) is 5.69 Å². The maximum Gasteiger partial charge on any atom is 0.300 e. The fourth-order valence-electron chi connectivity index (χ4n) is 4.42. The van der Waals surface area contributed by atoms with E-state index in [-0.39, 0.29) is 28.0 Å². The van der Waals surface area contributed by atoms with E-state index in [2.05, 4.69) is 0 Å². The molecule has 0 aromatic heterocycles. The van der Waals surface area contributed by atoms with Gasteiger partial charge in [-0.3, -0.25) is 14.5 Å². The summed E-state index contributed by atoms with van der Waals surface area (Å²) in [5.41, 5.74) is 2.92. The summed E-state index contributed by atoms with van der Waals surface area (Å²) in [6.07, 6.45) is 0. The molecule has 1 unspecified atom stereocenters. The number of rotatable bonds is 5. The molecule has 0 aliphatic carbocycles. The normalized spacial score (nSPS) is 17.3. The predicted octanol–water partition coefficient (Wildman–Crippen LogP) is 6.11. The lowest BCUT2D eigenvalue weighted by molar-refractivity contribution is -0.132. The Morgan fingerprint density at radius 3 is 2.34 bits per heavy atom. The molecule has 1 amide bonds. The number of phenolic OH excluding ortho intramolecular Hbond substituents is 1. The summed E-state index contributed by atoms with van der Waals surface area (Å²) in [6.45, 7) is 5.81. The predicted molar refractivity (Wildman–Crippen MR) is 136 cm³/mol. The van der Waals surface area contributed by atoms with Crippen molar-refractivity contribution in [3.63, 3.8) is 0 Å². The van der Waals surface area contributed by atoms with Gasteiger partial charge in [-0.15, -0.1) is 0 Å².